The van der Waals surface area contributed by atoms with Crippen LogP contribution < -0.4 is 15.1 Å². The first-order valence-corrected chi connectivity index (χ1v) is 15.5. The molecule has 0 saturated heterocycles. The molecule has 1 N–H and O–H groups in total. The van der Waals surface area contributed by atoms with Gasteiger partial charge >= 0.3 is 0 Å². The predicted molar refractivity (Wildman–Crippen MR) is 161 cm³/mol. The molecule has 0 aliphatic heterocycles. The standard InChI is InChI=1S/C33H44O5Si/c1-7-26(2)32(34)28(23-37-25-36-22-27-18-20-29(35-6)21-19-27)24-38-39(33(3,4)5,30-14-10-8-11-15-30)31-16-12-9-13-17-31/h7-21,26,28,32,34H,1,22-25H2,2-6H3/t26-,28-,32-/m1/s1. The van der Waals surface area contributed by atoms with E-state index in [2.05, 4.69) is 75.9 Å². The van der Waals surface area contributed by atoms with Gasteiger partial charge in [0.25, 0.3) is 8.32 Å². The second-order valence-corrected chi connectivity index (χ2v) is 15.3. The Hall–Kier alpha value is -2.74. The Balaban J connectivity index is 1.76. The molecule has 39 heavy (non-hydrogen) atoms. The first kappa shape index (κ1) is 30.8. The van der Waals surface area contributed by atoms with Gasteiger partial charge in [-0.15, -0.1) is 6.58 Å². The summed E-state index contributed by atoms with van der Waals surface area (Å²) in [5.74, 6) is 0.440. The molecule has 0 aliphatic carbocycles. The molecule has 0 aliphatic rings. The molecular formula is C33H44O5Si. The van der Waals surface area contributed by atoms with Crippen molar-refractivity contribution in [2.24, 2.45) is 11.8 Å². The first-order valence-electron chi connectivity index (χ1n) is 13.6. The Morgan fingerprint density at radius 3 is 1.90 bits per heavy atom. The van der Waals surface area contributed by atoms with Crippen molar-refractivity contribution in [3.63, 3.8) is 0 Å². The fourth-order valence-electron chi connectivity index (χ4n) is 4.95. The highest BCUT2D eigenvalue weighted by molar-refractivity contribution is 6.99. The Kier molecular flexibility index (Phi) is 11.5. The van der Waals surface area contributed by atoms with Gasteiger partial charge in [-0.2, -0.15) is 0 Å². The average Bonchev–Trinajstić information content (AvgIpc) is 2.96. The van der Waals surface area contributed by atoms with E-state index >= 15 is 0 Å². The normalized spacial score (nSPS) is 14.4. The van der Waals surface area contributed by atoms with E-state index in [0.717, 1.165) is 11.3 Å². The molecule has 0 aromatic heterocycles. The van der Waals surface area contributed by atoms with Crippen LogP contribution in [0, 0.1) is 11.8 Å². The van der Waals surface area contributed by atoms with Gasteiger partial charge in [-0.25, -0.2) is 0 Å². The van der Waals surface area contributed by atoms with Gasteiger partial charge in [0, 0.05) is 18.4 Å². The lowest BCUT2D eigenvalue weighted by Crippen LogP contribution is -2.67. The molecular weight excluding hydrogens is 504 g/mol. The molecule has 0 unspecified atom stereocenters. The summed E-state index contributed by atoms with van der Waals surface area (Å²) in [6.07, 6.45) is 1.11. The molecule has 3 rings (SSSR count). The van der Waals surface area contributed by atoms with Crippen LogP contribution in [0.5, 0.6) is 5.75 Å². The van der Waals surface area contributed by atoms with Crippen LogP contribution in [0.2, 0.25) is 5.04 Å². The maximum Gasteiger partial charge on any atom is 0.261 e. The molecule has 3 aromatic carbocycles. The van der Waals surface area contributed by atoms with Gasteiger partial charge in [-0.3, -0.25) is 0 Å². The lowest BCUT2D eigenvalue weighted by Gasteiger charge is -2.44. The molecule has 0 fully saturated rings. The van der Waals surface area contributed by atoms with Gasteiger partial charge in [-0.1, -0.05) is 107 Å². The van der Waals surface area contributed by atoms with Gasteiger partial charge in [0.2, 0.25) is 0 Å². The first-order chi connectivity index (χ1) is 18.7. The molecule has 0 saturated carbocycles. The van der Waals surface area contributed by atoms with Crippen molar-refractivity contribution in [1.82, 2.24) is 0 Å². The Morgan fingerprint density at radius 2 is 1.41 bits per heavy atom. The number of rotatable bonds is 15. The molecule has 0 spiro atoms. The Morgan fingerprint density at radius 1 is 0.846 bits per heavy atom. The molecule has 0 radical (unpaired) electrons. The Labute approximate surface area is 235 Å². The van der Waals surface area contributed by atoms with Crippen LogP contribution in [0.25, 0.3) is 0 Å². The van der Waals surface area contributed by atoms with Gasteiger partial charge in [0.15, 0.2) is 0 Å². The molecule has 3 atom stereocenters. The van der Waals surface area contributed by atoms with Crippen LogP contribution in [0.3, 0.4) is 0 Å². The van der Waals surface area contributed by atoms with Crippen LogP contribution >= 0.6 is 0 Å². The summed E-state index contributed by atoms with van der Waals surface area (Å²) in [5.41, 5.74) is 1.03. The summed E-state index contributed by atoms with van der Waals surface area (Å²) < 4.78 is 24.0. The smallest absolute Gasteiger partial charge is 0.261 e. The van der Waals surface area contributed by atoms with Crippen LogP contribution in [0.1, 0.15) is 33.3 Å². The van der Waals surface area contributed by atoms with Crippen molar-refractivity contribution in [3.05, 3.63) is 103 Å². The van der Waals surface area contributed by atoms with Crippen LogP contribution in [0.4, 0.5) is 0 Å². The number of benzene rings is 3. The third-order valence-electron chi connectivity index (χ3n) is 7.25. The highest BCUT2D eigenvalue weighted by Crippen LogP contribution is 2.37. The number of ether oxygens (including phenoxy) is 3. The van der Waals surface area contributed by atoms with Crippen molar-refractivity contribution in [2.45, 2.75) is 45.4 Å². The third kappa shape index (κ3) is 7.90. The molecule has 0 heterocycles. The van der Waals surface area contributed by atoms with Gasteiger partial charge in [-0.05, 0) is 33.1 Å². The number of hydrogen-bond donors (Lipinski definition) is 1. The number of methoxy groups -OCH3 is 1. The van der Waals surface area contributed by atoms with E-state index in [1.54, 1.807) is 13.2 Å². The highest BCUT2D eigenvalue weighted by Gasteiger charge is 2.50. The molecule has 6 heteroatoms. The van der Waals surface area contributed by atoms with E-state index in [1.165, 1.54) is 10.4 Å². The van der Waals surface area contributed by atoms with Gasteiger partial charge in [0.1, 0.15) is 12.5 Å². The molecule has 5 nitrogen and oxygen atoms in total. The Bertz CT molecular complexity index is 1070. The second kappa shape index (κ2) is 14.6. The van der Waals surface area contributed by atoms with E-state index in [4.69, 9.17) is 18.6 Å². The van der Waals surface area contributed by atoms with Crippen molar-refractivity contribution in [1.29, 1.82) is 0 Å². The minimum Gasteiger partial charge on any atom is -0.497 e. The molecule has 210 valence electrons. The van der Waals surface area contributed by atoms with Crippen molar-refractivity contribution in [2.75, 3.05) is 27.1 Å². The number of aliphatic hydroxyl groups excluding tert-OH is 1. The lowest BCUT2D eigenvalue weighted by atomic mass is 9.93. The largest absolute Gasteiger partial charge is 0.497 e. The highest BCUT2D eigenvalue weighted by atomic mass is 28.4. The molecule has 0 amide bonds. The third-order valence-corrected chi connectivity index (χ3v) is 12.3. The summed E-state index contributed by atoms with van der Waals surface area (Å²) in [7, 11) is -1.10. The van der Waals surface area contributed by atoms with Crippen LogP contribution in [-0.2, 0) is 20.5 Å². The summed E-state index contributed by atoms with van der Waals surface area (Å²) in [6, 6.07) is 28.8. The lowest BCUT2D eigenvalue weighted by molar-refractivity contribution is -0.0927. The predicted octanol–water partition coefficient (Wildman–Crippen LogP) is 5.56. The zero-order chi connectivity index (χ0) is 28.3. The molecule has 0 bridgehead atoms. The van der Waals surface area contributed by atoms with Crippen molar-refractivity contribution < 1.29 is 23.7 Å². The maximum atomic E-state index is 11.2. The van der Waals surface area contributed by atoms with Crippen LogP contribution in [-0.4, -0.2) is 46.6 Å². The summed E-state index contributed by atoms with van der Waals surface area (Å²) in [5, 5.41) is 13.5. The second-order valence-electron chi connectivity index (χ2n) is 11.0. The topological polar surface area (TPSA) is 57.2 Å². The fourth-order valence-corrected chi connectivity index (χ4v) is 9.57. The van der Waals surface area contributed by atoms with Gasteiger partial charge in [0.05, 0.1) is 26.4 Å². The van der Waals surface area contributed by atoms with E-state index in [9.17, 15) is 5.11 Å². The van der Waals surface area contributed by atoms with E-state index in [1.807, 2.05) is 43.3 Å². The number of hydrogen-bond acceptors (Lipinski definition) is 5. The molecule has 3 aromatic rings. The average molecular weight is 549 g/mol. The van der Waals surface area contributed by atoms with E-state index < -0.39 is 14.4 Å². The minimum absolute atomic E-state index is 0.110. The van der Waals surface area contributed by atoms with Crippen molar-refractivity contribution >= 4 is 18.7 Å². The zero-order valence-electron chi connectivity index (χ0n) is 24.0. The summed E-state index contributed by atoms with van der Waals surface area (Å²) >= 11 is 0. The fraction of sp³-hybridized carbons (Fsp3) is 0.394. The number of aliphatic hydroxyl groups is 1. The van der Waals surface area contributed by atoms with Crippen LogP contribution in [0.15, 0.2) is 97.6 Å². The van der Waals surface area contributed by atoms with Gasteiger partial charge < -0.3 is 23.7 Å². The SMILES string of the molecule is C=C[C@@H](C)[C@@H](O)[C@H](COCOCc1ccc(OC)cc1)CO[Si](c1ccccc1)(c1ccccc1)C(C)(C)C. The summed E-state index contributed by atoms with van der Waals surface area (Å²) in [4.78, 5) is 0. The zero-order valence-corrected chi connectivity index (χ0v) is 25.0. The summed E-state index contributed by atoms with van der Waals surface area (Å²) in [6.45, 7) is 13.8. The van der Waals surface area contributed by atoms with E-state index in [0.29, 0.717) is 19.8 Å². The maximum absolute atomic E-state index is 11.2. The minimum atomic E-state index is -2.74. The van der Waals surface area contributed by atoms with E-state index in [-0.39, 0.29) is 23.7 Å². The van der Waals surface area contributed by atoms with Crippen molar-refractivity contribution in [3.8, 4) is 5.75 Å². The monoisotopic (exact) mass is 548 g/mol. The quantitative estimate of drug-likeness (QED) is 0.117.